The van der Waals surface area contributed by atoms with E-state index in [1.54, 1.807) is 11.9 Å². The Balaban J connectivity index is 1.61. The van der Waals surface area contributed by atoms with Gasteiger partial charge in [0.25, 0.3) is 0 Å². The number of hydrogen-bond acceptors (Lipinski definition) is 4. The van der Waals surface area contributed by atoms with Gasteiger partial charge in [-0.05, 0) is 34.9 Å². The smallest absolute Gasteiger partial charge is 0.247 e. The number of benzene rings is 4. The van der Waals surface area contributed by atoms with Crippen LogP contribution in [0.5, 0.6) is 5.75 Å². The average Bonchev–Trinajstić information content (AvgIpc) is 3.08. The summed E-state index contributed by atoms with van der Waals surface area (Å²) in [5.74, 6) is 6.06. The van der Waals surface area contributed by atoms with Crippen molar-refractivity contribution in [3.63, 3.8) is 0 Å². The Labute approximate surface area is 217 Å². The summed E-state index contributed by atoms with van der Waals surface area (Å²) in [5, 5.41) is 12.8. The Morgan fingerprint density at radius 1 is 0.892 bits per heavy atom. The molecule has 37 heavy (non-hydrogen) atoms. The lowest BCUT2D eigenvalue weighted by Crippen LogP contribution is -2.56. The van der Waals surface area contributed by atoms with Crippen molar-refractivity contribution in [2.24, 2.45) is 0 Å². The maximum atomic E-state index is 13.9. The van der Waals surface area contributed by atoms with Gasteiger partial charge in [0.1, 0.15) is 25.0 Å². The molecule has 5 heteroatoms. The SMILES string of the molecule is CN1C(=O)[C@@H](NC(c2ccccc2)(c2ccccc2)c2ccccc2)COc2ccc(C#CCO)cc21. The molecule has 1 aliphatic heterocycles. The minimum Gasteiger partial charge on any atom is -0.489 e. The van der Waals surface area contributed by atoms with E-state index in [4.69, 9.17) is 9.84 Å². The van der Waals surface area contributed by atoms with Crippen molar-refractivity contribution in [2.45, 2.75) is 11.6 Å². The standard InChI is InChI=1S/C32H28N2O3/c1-34-29-22-24(12-11-21-35)19-20-30(29)37-23-28(31(34)36)33-32(25-13-5-2-6-14-25,26-15-7-3-8-16-26)27-17-9-4-10-18-27/h2-10,13-20,22,28,33,35H,21,23H2,1H3/t28-/m0/s1. The number of carbonyl (C=O) groups excluding carboxylic acids is 1. The van der Waals surface area contributed by atoms with Gasteiger partial charge < -0.3 is 14.7 Å². The summed E-state index contributed by atoms with van der Waals surface area (Å²) in [7, 11) is 1.75. The van der Waals surface area contributed by atoms with Gasteiger partial charge in [0.05, 0.1) is 11.2 Å². The summed E-state index contributed by atoms with van der Waals surface area (Å²) < 4.78 is 6.19. The molecule has 0 fully saturated rings. The third-order valence-electron chi connectivity index (χ3n) is 6.68. The Morgan fingerprint density at radius 3 is 1.95 bits per heavy atom. The number of amides is 1. The lowest BCUT2D eigenvalue weighted by atomic mass is 9.76. The Hall–Kier alpha value is -4.37. The molecule has 1 heterocycles. The maximum Gasteiger partial charge on any atom is 0.247 e. The molecule has 2 N–H and O–H groups in total. The van der Waals surface area contributed by atoms with Crippen LogP contribution in [-0.2, 0) is 10.3 Å². The zero-order chi connectivity index (χ0) is 25.7. The van der Waals surface area contributed by atoms with Crippen molar-refractivity contribution in [1.29, 1.82) is 0 Å². The van der Waals surface area contributed by atoms with Crippen LogP contribution >= 0.6 is 0 Å². The molecule has 0 saturated carbocycles. The molecule has 4 aromatic carbocycles. The summed E-state index contributed by atoms with van der Waals surface area (Å²) in [6.45, 7) is -0.0685. The van der Waals surface area contributed by atoms with E-state index in [1.807, 2.05) is 72.8 Å². The summed E-state index contributed by atoms with van der Waals surface area (Å²) in [5.41, 5.74) is 3.60. The molecule has 1 amide bonds. The number of ether oxygens (including phenoxy) is 1. The van der Waals surface area contributed by atoms with Gasteiger partial charge in [0, 0.05) is 12.6 Å². The lowest BCUT2D eigenvalue weighted by molar-refractivity contribution is -0.121. The van der Waals surface area contributed by atoms with Crippen LogP contribution in [0.2, 0.25) is 0 Å². The molecule has 5 rings (SSSR count). The van der Waals surface area contributed by atoms with Gasteiger partial charge in [-0.25, -0.2) is 0 Å². The highest BCUT2D eigenvalue weighted by Gasteiger charge is 2.41. The largest absolute Gasteiger partial charge is 0.489 e. The molecule has 5 nitrogen and oxygen atoms in total. The quantitative estimate of drug-likeness (QED) is 0.324. The monoisotopic (exact) mass is 488 g/mol. The minimum absolute atomic E-state index is 0.113. The van der Waals surface area contributed by atoms with E-state index < -0.39 is 11.6 Å². The van der Waals surface area contributed by atoms with Crippen LogP contribution in [0.15, 0.2) is 109 Å². The van der Waals surface area contributed by atoms with Gasteiger partial charge in [-0.3, -0.25) is 10.1 Å². The molecule has 4 aromatic rings. The first kappa shape index (κ1) is 24.3. The van der Waals surface area contributed by atoms with Gasteiger partial charge in [0.15, 0.2) is 0 Å². The highest BCUT2D eigenvalue weighted by Crippen LogP contribution is 2.38. The first-order valence-corrected chi connectivity index (χ1v) is 12.2. The van der Waals surface area contributed by atoms with Gasteiger partial charge in [0.2, 0.25) is 5.91 Å². The zero-order valence-corrected chi connectivity index (χ0v) is 20.6. The zero-order valence-electron chi connectivity index (χ0n) is 20.6. The van der Waals surface area contributed by atoms with Crippen LogP contribution in [0.3, 0.4) is 0 Å². The predicted molar refractivity (Wildman–Crippen MR) is 145 cm³/mol. The number of carbonyl (C=O) groups is 1. The molecular formula is C32H28N2O3. The minimum atomic E-state index is -0.803. The summed E-state index contributed by atoms with van der Waals surface area (Å²) >= 11 is 0. The molecule has 0 saturated heterocycles. The van der Waals surface area contributed by atoms with E-state index in [1.165, 1.54) is 0 Å². The fraction of sp³-hybridized carbons (Fsp3) is 0.156. The first-order chi connectivity index (χ1) is 18.1. The van der Waals surface area contributed by atoms with Gasteiger partial charge in [-0.15, -0.1) is 0 Å². The highest BCUT2D eigenvalue weighted by molar-refractivity contribution is 5.99. The van der Waals surface area contributed by atoms with Crippen LogP contribution in [0.4, 0.5) is 5.69 Å². The van der Waals surface area contributed by atoms with E-state index >= 15 is 0 Å². The lowest BCUT2D eigenvalue weighted by Gasteiger charge is -2.39. The normalized spacial score (nSPS) is 15.1. The third kappa shape index (κ3) is 4.73. The summed E-state index contributed by atoms with van der Waals surface area (Å²) in [4.78, 5) is 15.5. The second-order valence-corrected chi connectivity index (χ2v) is 8.90. The molecule has 184 valence electrons. The van der Waals surface area contributed by atoms with E-state index in [9.17, 15) is 4.79 Å². The van der Waals surface area contributed by atoms with Crippen molar-refractivity contribution >= 4 is 11.6 Å². The number of likely N-dealkylation sites (N-methyl/N-ethyl adjacent to an activating group) is 1. The molecule has 0 unspecified atom stereocenters. The predicted octanol–water partition coefficient (Wildman–Crippen LogP) is 4.34. The molecule has 0 bridgehead atoms. The fourth-order valence-electron chi connectivity index (χ4n) is 4.90. The summed E-state index contributed by atoms with van der Waals surface area (Å²) in [6.07, 6.45) is 0. The van der Waals surface area contributed by atoms with Crippen molar-refractivity contribution in [3.05, 3.63) is 131 Å². The van der Waals surface area contributed by atoms with Crippen LogP contribution in [0.1, 0.15) is 22.3 Å². The van der Waals surface area contributed by atoms with Crippen LogP contribution in [0.25, 0.3) is 0 Å². The van der Waals surface area contributed by atoms with Gasteiger partial charge >= 0.3 is 0 Å². The first-order valence-electron chi connectivity index (χ1n) is 12.2. The second-order valence-electron chi connectivity index (χ2n) is 8.90. The molecule has 0 aliphatic carbocycles. The van der Waals surface area contributed by atoms with E-state index in [-0.39, 0.29) is 19.1 Å². The molecule has 1 atom stereocenters. The number of anilines is 1. The van der Waals surface area contributed by atoms with Crippen LogP contribution < -0.4 is 15.0 Å². The number of fused-ring (bicyclic) bond motifs is 1. The topological polar surface area (TPSA) is 61.8 Å². The van der Waals surface area contributed by atoms with Crippen molar-refractivity contribution in [1.82, 2.24) is 5.32 Å². The van der Waals surface area contributed by atoms with E-state index in [0.29, 0.717) is 17.0 Å². The third-order valence-corrected chi connectivity index (χ3v) is 6.68. The number of aliphatic hydroxyl groups is 1. The molecular weight excluding hydrogens is 460 g/mol. The van der Waals surface area contributed by atoms with Crippen molar-refractivity contribution < 1.29 is 14.6 Å². The molecule has 1 aliphatic rings. The van der Waals surface area contributed by atoms with E-state index in [2.05, 4.69) is 53.6 Å². The van der Waals surface area contributed by atoms with Gasteiger partial charge in [-0.2, -0.15) is 0 Å². The van der Waals surface area contributed by atoms with Crippen LogP contribution in [0, 0.1) is 11.8 Å². The second kappa shape index (κ2) is 10.7. The number of rotatable bonds is 5. The number of hydrogen-bond donors (Lipinski definition) is 2. The molecule has 0 spiro atoms. The van der Waals surface area contributed by atoms with E-state index in [0.717, 1.165) is 16.7 Å². The number of nitrogens with zero attached hydrogens (tertiary/aromatic N) is 1. The van der Waals surface area contributed by atoms with Crippen molar-refractivity contribution in [2.75, 3.05) is 25.2 Å². The van der Waals surface area contributed by atoms with Gasteiger partial charge in [-0.1, -0.05) is 103 Å². The number of aliphatic hydroxyl groups excluding tert-OH is 1. The Kier molecular flexibility index (Phi) is 7.04. The average molecular weight is 489 g/mol. The Morgan fingerprint density at radius 2 is 1.43 bits per heavy atom. The highest BCUT2D eigenvalue weighted by atomic mass is 16.5. The van der Waals surface area contributed by atoms with Crippen LogP contribution in [-0.4, -0.2) is 37.3 Å². The fourth-order valence-corrected chi connectivity index (χ4v) is 4.90. The maximum absolute atomic E-state index is 13.9. The van der Waals surface area contributed by atoms with Crippen molar-refractivity contribution in [3.8, 4) is 17.6 Å². The molecule has 0 radical (unpaired) electrons. The number of nitrogens with one attached hydrogen (secondary N) is 1. The Bertz CT molecular complexity index is 1330. The molecule has 0 aromatic heterocycles. The summed E-state index contributed by atoms with van der Waals surface area (Å²) in [6, 6.07) is 35.4.